The van der Waals surface area contributed by atoms with Crippen molar-refractivity contribution in [1.29, 1.82) is 0 Å². The third-order valence-electron chi connectivity index (χ3n) is 3.60. The Morgan fingerprint density at radius 2 is 2.24 bits per heavy atom. The summed E-state index contributed by atoms with van der Waals surface area (Å²) in [6, 6.07) is 0.171. The molecule has 1 fully saturated rings. The van der Waals surface area contributed by atoms with Gasteiger partial charge in [0.2, 0.25) is 5.91 Å². The first-order chi connectivity index (χ1) is 8.19. The van der Waals surface area contributed by atoms with Crippen molar-refractivity contribution in [3.05, 3.63) is 0 Å². The highest BCUT2D eigenvalue weighted by molar-refractivity contribution is 5.81. The van der Waals surface area contributed by atoms with Crippen LogP contribution in [-0.2, 0) is 4.79 Å². The van der Waals surface area contributed by atoms with Crippen molar-refractivity contribution >= 4 is 5.91 Å². The first-order valence-corrected chi connectivity index (χ1v) is 6.96. The van der Waals surface area contributed by atoms with Crippen molar-refractivity contribution in [2.75, 3.05) is 19.6 Å². The first-order valence-electron chi connectivity index (χ1n) is 6.96. The van der Waals surface area contributed by atoms with Gasteiger partial charge in [-0.15, -0.1) is 0 Å². The lowest BCUT2D eigenvalue weighted by molar-refractivity contribution is -0.122. The van der Waals surface area contributed by atoms with Gasteiger partial charge in [-0.1, -0.05) is 26.7 Å². The number of rotatable bonds is 6. The third kappa shape index (κ3) is 4.64. The van der Waals surface area contributed by atoms with Crippen molar-refractivity contribution in [2.45, 2.75) is 58.0 Å². The van der Waals surface area contributed by atoms with E-state index < -0.39 is 0 Å². The predicted octanol–water partition coefficient (Wildman–Crippen LogP) is 1.10. The number of hydrogen-bond donors (Lipinski definition) is 2. The van der Waals surface area contributed by atoms with Gasteiger partial charge in [0, 0.05) is 12.6 Å². The number of nitrogens with zero attached hydrogens (tertiary/aromatic N) is 1. The van der Waals surface area contributed by atoms with Crippen LogP contribution in [0, 0.1) is 0 Å². The summed E-state index contributed by atoms with van der Waals surface area (Å²) in [5.74, 6) is 0.00785. The normalized spacial score (nSPS) is 23.4. The van der Waals surface area contributed by atoms with E-state index in [0.29, 0.717) is 6.04 Å². The zero-order valence-corrected chi connectivity index (χ0v) is 11.2. The van der Waals surface area contributed by atoms with Crippen molar-refractivity contribution in [3.8, 4) is 0 Å². The molecular weight excluding hydrogens is 214 g/mol. The van der Waals surface area contributed by atoms with E-state index in [4.69, 9.17) is 5.73 Å². The van der Waals surface area contributed by atoms with Gasteiger partial charge in [-0.05, 0) is 32.4 Å². The number of carbonyl (C=O) groups is 1. The second kappa shape index (κ2) is 7.67. The van der Waals surface area contributed by atoms with Crippen molar-refractivity contribution in [2.24, 2.45) is 5.73 Å². The number of hydrogen-bond acceptors (Lipinski definition) is 3. The molecule has 17 heavy (non-hydrogen) atoms. The first kappa shape index (κ1) is 14.5. The van der Waals surface area contributed by atoms with E-state index in [1.807, 2.05) is 6.92 Å². The maximum Gasteiger partial charge on any atom is 0.236 e. The number of likely N-dealkylation sites (tertiary alicyclic amines) is 1. The lowest BCUT2D eigenvalue weighted by atomic mass is 10.0. The number of amides is 1. The third-order valence-corrected chi connectivity index (χ3v) is 3.60. The minimum absolute atomic E-state index is 0.00785. The molecule has 1 aliphatic heterocycles. The van der Waals surface area contributed by atoms with Crippen molar-refractivity contribution < 1.29 is 4.79 Å². The Bertz CT molecular complexity index is 233. The van der Waals surface area contributed by atoms with Gasteiger partial charge in [-0.2, -0.15) is 0 Å². The molecule has 1 aliphatic rings. The Kier molecular flexibility index (Phi) is 6.52. The van der Waals surface area contributed by atoms with Crippen molar-refractivity contribution in [3.63, 3.8) is 0 Å². The molecule has 1 amide bonds. The Morgan fingerprint density at radius 3 is 2.88 bits per heavy atom. The van der Waals surface area contributed by atoms with E-state index in [1.54, 1.807) is 0 Å². The molecular formula is C13H27N3O. The largest absolute Gasteiger partial charge is 0.353 e. The maximum atomic E-state index is 11.7. The van der Waals surface area contributed by atoms with E-state index in [0.717, 1.165) is 32.5 Å². The minimum Gasteiger partial charge on any atom is -0.353 e. The summed E-state index contributed by atoms with van der Waals surface area (Å²) >= 11 is 0. The summed E-state index contributed by atoms with van der Waals surface area (Å²) < 4.78 is 0. The molecule has 0 spiro atoms. The molecule has 100 valence electrons. The zero-order chi connectivity index (χ0) is 12.7. The van der Waals surface area contributed by atoms with Gasteiger partial charge >= 0.3 is 0 Å². The topological polar surface area (TPSA) is 58.4 Å². The Labute approximate surface area is 105 Å². The van der Waals surface area contributed by atoms with Gasteiger partial charge in [-0.3, -0.25) is 9.69 Å². The van der Waals surface area contributed by atoms with Crippen LogP contribution in [0.2, 0.25) is 0 Å². The fraction of sp³-hybridized carbons (Fsp3) is 0.923. The standard InChI is InChI=1S/C13H27N3O/c1-3-7-12(14)13(17)15-10-11-8-5-6-9-16(11)4-2/h11-12H,3-10,14H2,1-2H3,(H,15,17). The summed E-state index contributed by atoms with van der Waals surface area (Å²) in [6.07, 6.45) is 5.48. The molecule has 1 rings (SSSR count). The Hall–Kier alpha value is -0.610. The van der Waals surface area contributed by atoms with Gasteiger partial charge in [0.1, 0.15) is 0 Å². The average molecular weight is 241 g/mol. The maximum absolute atomic E-state index is 11.7. The van der Waals surface area contributed by atoms with Gasteiger partial charge in [0.15, 0.2) is 0 Å². The quantitative estimate of drug-likeness (QED) is 0.732. The molecule has 0 aromatic rings. The molecule has 2 unspecified atom stereocenters. The lowest BCUT2D eigenvalue weighted by Crippen LogP contribution is -2.49. The van der Waals surface area contributed by atoms with Crippen LogP contribution in [0.1, 0.15) is 46.0 Å². The zero-order valence-electron chi connectivity index (χ0n) is 11.2. The van der Waals surface area contributed by atoms with Crippen LogP contribution >= 0.6 is 0 Å². The van der Waals surface area contributed by atoms with Gasteiger partial charge < -0.3 is 11.1 Å². The smallest absolute Gasteiger partial charge is 0.236 e. The van der Waals surface area contributed by atoms with Crippen LogP contribution in [0.15, 0.2) is 0 Å². The van der Waals surface area contributed by atoms with Gasteiger partial charge in [-0.25, -0.2) is 0 Å². The minimum atomic E-state index is -0.335. The highest BCUT2D eigenvalue weighted by Gasteiger charge is 2.22. The fourth-order valence-corrected chi connectivity index (χ4v) is 2.50. The van der Waals surface area contributed by atoms with E-state index in [9.17, 15) is 4.79 Å². The summed E-state index contributed by atoms with van der Waals surface area (Å²) in [4.78, 5) is 14.2. The molecule has 3 N–H and O–H groups in total. The monoisotopic (exact) mass is 241 g/mol. The number of piperidine rings is 1. The van der Waals surface area contributed by atoms with Crippen LogP contribution in [0.3, 0.4) is 0 Å². The molecule has 0 aromatic heterocycles. The summed E-state index contributed by atoms with van der Waals surface area (Å²) in [5, 5.41) is 3.00. The second-order valence-electron chi connectivity index (χ2n) is 4.92. The predicted molar refractivity (Wildman–Crippen MR) is 70.8 cm³/mol. The van der Waals surface area contributed by atoms with Crippen LogP contribution in [0.4, 0.5) is 0 Å². The van der Waals surface area contributed by atoms with E-state index >= 15 is 0 Å². The van der Waals surface area contributed by atoms with E-state index in [1.165, 1.54) is 19.3 Å². The van der Waals surface area contributed by atoms with E-state index in [-0.39, 0.29) is 11.9 Å². The molecule has 0 aliphatic carbocycles. The van der Waals surface area contributed by atoms with Gasteiger partial charge in [0.25, 0.3) is 0 Å². The van der Waals surface area contributed by atoms with Gasteiger partial charge in [0.05, 0.1) is 6.04 Å². The Morgan fingerprint density at radius 1 is 1.47 bits per heavy atom. The fourth-order valence-electron chi connectivity index (χ4n) is 2.50. The number of carbonyl (C=O) groups excluding carboxylic acids is 1. The highest BCUT2D eigenvalue weighted by atomic mass is 16.2. The lowest BCUT2D eigenvalue weighted by Gasteiger charge is -2.35. The van der Waals surface area contributed by atoms with Crippen molar-refractivity contribution in [1.82, 2.24) is 10.2 Å². The van der Waals surface area contributed by atoms with Crippen LogP contribution in [-0.4, -0.2) is 42.5 Å². The summed E-state index contributed by atoms with van der Waals surface area (Å²) in [5.41, 5.74) is 5.78. The molecule has 0 bridgehead atoms. The summed E-state index contributed by atoms with van der Waals surface area (Å²) in [7, 11) is 0. The highest BCUT2D eigenvalue weighted by Crippen LogP contribution is 2.15. The van der Waals surface area contributed by atoms with E-state index in [2.05, 4.69) is 17.1 Å². The molecule has 0 aromatic carbocycles. The van der Waals surface area contributed by atoms with Crippen LogP contribution < -0.4 is 11.1 Å². The molecule has 0 saturated carbocycles. The number of nitrogens with one attached hydrogen (secondary N) is 1. The summed E-state index contributed by atoms with van der Waals surface area (Å²) in [6.45, 7) is 7.22. The molecule has 4 nitrogen and oxygen atoms in total. The average Bonchev–Trinajstić information content (AvgIpc) is 2.36. The Balaban J connectivity index is 2.30. The number of likely N-dealkylation sites (N-methyl/N-ethyl adjacent to an activating group) is 1. The molecule has 1 saturated heterocycles. The number of nitrogens with two attached hydrogens (primary N) is 1. The molecule has 2 atom stereocenters. The second-order valence-corrected chi connectivity index (χ2v) is 4.92. The molecule has 1 heterocycles. The van der Waals surface area contributed by atoms with Crippen LogP contribution in [0.25, 0.3) is 0 Å². The SMILES string of the molecule is CCCC(N)C(=O)NCC1CCCCN1CC. The molecule has 0 radical (unpaired) electrons. The molecule has 4 heteroatoms. The van der Waals surface area contributed by atoms with Crippen LogP contribution in [0.5, 0.6) is 0 Å².